The smallest absolute Gasteiger partial charge is 0.223 e. The average Bonchev–Trinajstić information content (AvgIpc) is 3.31. The maximum Gasteiger partial charge on any atom is 0.223 e. The number of rotatable bonds is 4. The van der Waals surface area contributed by atoms with E-state index in [1.165, 1.54) is 25.7 Å². The molecule has 2 aromatic rings. The summed E-state index contributed by atoms with van der Waals surface area (Å²) in [5.41, 5.74) is 1.07. The van der Waals surface area contributed by atoms with Gasteiger partial charge in [0.1, 0.15) is 11.6 Å². The van der Waals surface area contributed by atoms with Gasteiger partial charge in [-0.15, -0.1) is 0 Å². The largest absolute Gasteiger partial charge is 0.496 e. The Hall–Kier alpha value is -2.30. The first-order valence-corrected chi connectivity index (χ1v) is 9.18. The van der Waals surface area contributed by atoms with Crippen molar-refractivity contribution >= 4 is 5.91 Å². The van der Waals surface area contributed by atoms with Gasteiger partial charge in [0, 0.05) is 30.9 Å². The molecule has 4 rings (SSSR count). The summed E-state index contributed by atoms with van der Waals surface area (Å²) in [5.74, 6) is 2.60. The van der Waals surface area contributed by atoms with Crippen LogP contribution in [-0.2, 0) is 17.9 Å². The van der Waals surface area contributed by atoms with Gasteiger partial charge in [0.25, 0.3) is 0 Å². The van der Waals surface area contributed by atoms with Crippen LogP contribution in [0.2, 0.25) is 0 Å². The van der Waals surface area contributed by atoms with Crippen molar-refractivity contribution in [3.05, 3.63) is 48.0 Å². The summed E-state index contributed by atoms with van der Waals surface area (Å²) in [5, 5.41) is 0. The molecule has 1 unspecified atom stereocenters. The molecule has 2 aliphatic rings. The van der Waals surface area contributed by atoms with Crippen LogP contribution in [0.3, 0.4) is 0 Å². The first-order chi connectivity index (χ1) is 12.3. The van der Waals surface area contributed by atoms with Gasteiger partial charge in [-0.05, 0) is 24.8 Å². The molecule has 1 aliphatic carbocycles. The van der Waals surface area contributed by atoms with Crippen LogP contribution in [-0.4, -0.2) is 27.5 Å². The highest BCUT2D eigenvalue weighted by molar-refractivity contribution is 5.77. The molecular formula is C20H25N3O2. The highest BCUT2D eigenvalue weighted by atomic mass is 16.5. The topological polar surface area (TPSA) is 47.4 Å². The Balaban J connectivity index is 1.64. The molecular weight excluding hydrogens is 314 g/mol. The fourth-order valence-corrected chi connectivity index (χ4v) is 4.25. The van der Waals surface area contributed by atoms with Crippen LogP contribution in [0, 0.1) is 5.92 Å². The van der Waals surface area contributed by atoms with Gasteiger partial charge in [0.05, 0.1) is 19.7 Å². The van der Waals surface area contributed by atoms with Crippen LogP contribution < -0.4 is 4.74 Å². The second kappa shape index (κ2) is 6.90. The van der Waals surface area contributed by atoms with Gasteiger partial charge in [-0.3, -0.25) is 4.79 Å². The molecule has 5 heteroatoms. The second-order valence-corrected chi connectivity index (χ2v) is 7.13. The van der Waals surface area contributed by atoms with Crippen molar-refractivity contribution in [1.82, 2.24) is 14.5 Å². The lowest BCUT2D eigenvalue weighted by Crippen LogP contribution is -2.41. The molecule has 5 nitrogen and oxygen atoms in total. The summed E-state index contributed by atoms with van der Waals surface area (Å²) in [6.45, 7) is 1.30. The van der Waals surface area contributed by atoms with E-state index in [-0.39, 0.29) is 11.9 Å². The maximum absolute atomic E-state index is 13.1. The zero-order chi connectivity index (χ0) is 17.2. The quantitative estimate of drug-likeness (QED) is 0.856. The Bertz CT molecular complexity index is 749. The monoisotopic (exact) mass is 339 g/mol. The van der Waals surface area contributed by atoms with Gasteiger partial charge in [-0.25, -0.2) is 4.98 Å². The number of hydrogen-bond acceptors (Lipinski definition) is 3. The molecule has 1 saturated carbocycles. The van der Waals surface area contributed by atoms with E-state index in [0.717, 1.165) is 23.7 Å². The van der Waals surface area contributed by atoms with Crippen molar-refractivity contribution < 1.29 is 9.53 Å². The maximum atomic E-state index is 13.1. The fourth-order valence-electron chi connectivity index (χ4n) is 4.25. The number of imidazole rings is 1. The number of carbonyl (C=O) groups excluding carboxylic acids is 1. The molecule has 0 N–H and O–H groups in total. The van der Waals surface area contributed by atoms with Gasteiger partial charge in [-0.2, -0.15) is 0 Å². The Morgan fingerprint density at radius 1 is 1.28 bits per heavy atom. The lowest BCUT2D eigenvalue weighted by molar-refractivity contribution is -0.137. The van der Waals surface area contributed by atoms with Crippen molar-refractivity contribution in [2.75, 3.05) is 7.11 Å². The van der Waals surface area contributed by atoms with Gasteiger partial charge >= 0.3 is 0 Å². The molecule has 1 aromatic heterocycles. The Morgan fingerprint density at radius 2 is 2.08 bits per heavy atom. The third-order valence-corrected chi connectivity index (χ3v) is 5.62. The number of aromatic nitrogens is 2. The summed E-state index contributed by atoms with van der Waals surface area (Å²) in [6.07, 6.45) is 9.38. The molecule has 0 radical (unpaired) electrons. The summed E-state index contributed by atoms with van der Waals surface area (Å²) in [6, 6.07) is 8.02. The highest BCUT2D eigenvalue weighted by Crippen LogP contribution is 2.36. The predicted octanol–water partition coefficient (Wildman–Crippen LogP) is 3.56. The standard InChI is InChI=1S/C20H25N3O2/c1-25-18-9-5-4-8-16(18)17-13-22-11-10-21-19(22)14-23(17)20(24)12-15-6-2-3-7-15/h4-5,8-11,15,17H,2-3,6-7,12-14H2,1H3. The van der Waals surface area contributed by atoms with E-state index in [1.807, 2.05) is 35.5 Å². The van der Waals surface area contributed by atoms with Gasteiger partial charge < -0.3 is 14.2 Å². The van der Waals surface area contributed by atoms with E-state index in [0.29, 0.717) is 18.9 Å². The zero-order valence-electron chi connectivity index (χ0n) is 14.7. The Labute approximate surface area is 148 Å². The molecule has 1 fully saturated rings. The minimum atomic E-state index is -0.00764. The molecule has 1 atom stereocenters. The number of para-hydroxylation sites is 1. The molecule has 25 heavy (non-hydrogen) atoms. The number of methoxy groups -OCH3 is 1. The van der Waals surface area contributed by atoms with Crippen molar-refractivity contribution in [2.24, 2.45) is 5.92 Å². The van der Waals surface area contributed by atoms with Gasteiger partial charge in [0.15, 0.2) is 0 Å². The van der Waals surface area contributed by atoms with Crippen molar-refractivity contribution in [3.63, 3.8) is 0 Å². The third-order valence-electron chi connectivity index (χ3n) is 5.62. The first-order valence-electron chi connectivity index (χ1n) is 9.18. The van der Waals surface area contributed by atoms with Crippen LogP contribution in [0.15, 0.2) is 36.7 Å². The summed E-state index contributed by atoms with van der Waals surface area (Å²) in [4.78, 5) is 19.6. The molecule has 132 valence electrons. The Morgan fingerprint density at radius 3 is 2.88 bits per heavy atom. The zero-order valence-corrected chi connectivity index (χ0v) is 14.7. The first kappa shape index (κ1) is 16.2. The number of hydrogen-bond donors (Lipinski definition) is 0. The molecule has 1 amide bonds. The summed E-state index contributed by atoms with van der Waals surface area (Å²) >= 11 is 0. The van der Waals surface area contributed by atoms with E-state index >= 15 is 0 Å². The molecule has 0 spiro atoms. The third kappa shape index (κ3) is 3.15. The predicted molar refractivity (Wildman–Crippen MR) is 95.1 cm³/mol. The lowest BCUT2D eigenvalue weighted by atomic mass is 9.98. The molecule has 2 heterocycles. The van der Waals surface area contributed by atoms with Gasteiger partial charge in [-0.1, -0.05) is 31.0 Å². The van der Waals surface area contributed by atoms with E-state index < -0.39 is 0 Å². The van der Waals surface area contributed by atoms with Crippen LogP contribution in [0.5, 0.6) is 5.75 Å². The molecule has 0 saturated heterocycles. The van der Waals surface area contributed by atoms with Gasteiger partial charge in [0.2, 0.25) is 5.91 Å². The van der Waals surface area contributed by atoms with E-state index in [2.05, 4.69) is 15.6 Å². The summed E-state index contributed by atoms with van der Waals surface area (Å²) in [7, 11) is 1.69. The number of benzene rings is 1. The number of amides is 1. The fraction of sp³-hybridized carbons (Fsp3) is 0.500. The minimum absolute atomic E-state index is 0.00764. The summed E-state index contributed by atoms with van der Waals surface area (Å²) < 4.78 is 7.72. The van der Waals surface area contributed by atoms with Crippen molar-refractivity contribution in [1.29, 1.82) is 0 Å². The van der Waals surface area contributed by atoms with Crippen LogP contribution in [0.25, 0.3) is 0 Å². The van der Waals surface area contributed by atoms with Crippen LogP contribution >= 0.6 is 0 Å². The number of carbonyl (C=O) groups is 1. The number of nitrogens with zero attached hydrogens (tertiary/aromatic N) is 3. The normalized spacial score (nSPS) is 20.5. The Kier molecular flexibility index (Phi) is 4.47. The second-order valence-electron chi connectivity index (χ2n) is 7.13. The molecule has 1 aromatic carbocycles. The van der Waals surface area contributed by atoms with Crippen LogP contribution in [0.1, 0.15) is 49.5 Å². The molecule has 1 aliphatic heterocycles. The van der Waals surface area contributed by atoms with Crippen molar-refractivity contribution in [2.45, 2.75) is 51.2 Å². The molecule has 0 bridgehead atoms. The van der Waals surface area contributed by atoms with Crippen LogP contribution in [0.4, 0.5) is 0 Å². The van der Waals surface area contributed by atoms with E-state index in [4.69, 9.17) is 4.74 Å². The van der Waals surface area contributed by atoms with E-state index in [1.54, 1.807) is 7.11 Å². The lowest BCUT2D eigenvalue weighted by Gasteiger charge is -2.37. The number of fused-ring (bicyclic) bond motifs is 1. The average molecular weight is 339 g/mol. The highest BCUT2D eigenvalue weighted by Gasteiger charge is 2.34. The van der Waals surface area contributed by atoms with Crippen molar-refractivity contribution in [3.8, 4) is 5.75 Å². The number of ether oxygens (including phenoxy) is 1. The minimum Gasteiger partial charge on any atom is -0.496 e. The van der Waals surface area contributed by atoms with E-state index in [9.17, 15) is 4.79 Å². The SMILES string of the molecule is COc1ccccc1C1Cn2ccnc2CN1C(=O)CC1CCCC1.